The fourth-order valence-corrected chi connectivity index (χ4v) is 2.57. The number of nitrogens with zero attached hydrogens (tertiary/aromatic N) is 2. The van der Waals surface area contributed by atoms with Crippen molar-refractivity contribution in [2.24, 2.45) is 0 Å². The van der Waals surface area contributed by atoms with Gasteiger partial charge in [0.1, 0.15) is 17.4 Å². The summed E-state index contributed by atoms with van der Waals surface area (Å²) < 4.78 is 21.2. The molecule has 1 heterocycles. The maximum absolute atomic E-state index is 14.3. The van der Waals surface area contributed by atoms with Crippen LogP contribution in [0.5, 0.6) is 5.75 Å². The van der Waals surface area contributed by atoms with Crippen LogP contribution in [0.25, 0.3) is 16.7 Å². The molecule has 21 heavy (non-hydrogen) atoms. The van der Waals surface area contributed by atoms with Crippen LogP contribution in [0.2, 0.25) is 0 Å². The maximum Gasteiger partial charge on any atom is 0.147 e. The van der Waals surface area contributed by atoms with Gasteiger partial charge in [0.05, 0.1) is 29.7 Å². The molecule has 0 radical (unpaired) electrons. The monoisotopic (exact) mass is 304 g/mol. The summed E-state index contributed by atoms with van der Waals surface area (Å²) in [6.07, 6.45) is 0. The summed E-state index contributed by atoms with van der Waals surface area (Å²) in [5, 5.41) is 0. The predicted molar refractivity (Wildman–Crippen MR) is 81.9 cm³/mol. The van der Waals surface area contributed by atoms with E-state index in [9.17, 15) is 4.39 Å². The third-order valence-electron chi connectivity index (χ3n) is 3.39. The number of hydrogen-bond acceptors (Lipinski definition) is 2. The normalized spacial score (nSPS) is 11.0. The van der Waals surface area contributed by atoms with Gasteiger partial charge in [-0.2, -0.15) is 0 Å². The summed E-state index contributed by atoms with van der Waals surface area (Å²) in [4.78, 5) is 4.46. The predicted octanol–water partition coefficient (Wildman–Crippen LogP) is 4.22. The average Bonchev–Trinajstić information content (AvgIpc) is 2.84. The molecule has 0 fully saturated rings. The van der Waals surface area contributed by atoms with Crippen molar-refractivity contribution in [3.8, 4) is 11.4 Å². The molecule has 0 aliphatic rings. The van der Waals surface area contributed by atoms with E-state index in [-0.39, 0.29) is 11.7 Å². The maximum atomic E-state index is 14.3. The van der Waals surface area contributed by atoms with Gasteiger partial charge in [0.2, 0.25) is 0 Å². The number of imidazole rings is 1. The lowest BCUT2D eigenvalue weighted by Crippen LogP contribution is -2.02. The fraction of sp³-hybridized carbons (Fsp3) is 0.188. The molecule has 0 unspecified atom stereocenters. The van der Waals surface area contributed by atoms with Crippen LogP contribution in [0.1, 0.15) is 11.4 Å². The number of rotatable bonds is 3. The Morgan fingerprint density at radius 2 is 2.05 bits per heavy atom. The first-order valence-electron chi connectivity index (χ1n) is 6.52. The van der Waals surface area contributed by atoms with Gasteiger partial charge < -0.3 is 4.74 Å². The zero-order chi connectivity index (χ0) is 15.0. The third-order valence-corrected chi connectivity index (χ3v) is 3.63. The van der Waals surface area contributed by atoms with Crippen molar-refractivity contribution in [1.82, 2.24) is 9.55 Å². The summed E-state index contributed by atoms with van der Waals surface area (Å²) in [6, 6.07) is 10.6. The zero-order valence-corrected chi connectivity index (χ0v) is 12.5. The van der Waals surface area contributed by atoms with Crippen molar-refractivity contribution in [3.05, 3.63) is 53.6 Å². The molecule has 0 saturated carbocycles. The number of ether oxygens (including phenoxy) is 1. The molecular weight excluding hydrogens is 291 g/mol. The van der Waals surface area contributed by atoms with Gasteiger partial charge in [0.15, 0.2) is 0 Å². The Hall–Kier alpha value is -2.07. The molecular formula is C16H14ClFN2O. The van der Waals surface area contributed by atoms with Crippen LogP contribution in [0.15, 0.2) is 36.4 Å². The number of fused-ring (bicyclic) bond motifs is 1. The van der Waals surface area contributed by atoms with E-state index in [4.69, 9.17) is 16.3 Å². The molecule has 3 rings (SSSR count). The number of hydrogen-bond donors (Lipinski definition) is 0. The number of aryl methyl sites for hydroxylation is 1. The molecule has 0 atom stereocenters. The van der Waals surface area contributed by atoms with E-state index < -0.39 is 0 Å². The van der Waals surface area contributed by atoms with Gasteiger partial charge in [-0.3, -0.25) is 4.57 Å². The van der Waals surface area contributed by atoms with Crippen LogP contribution < -0.4 is 4.74 Å². The second-order valence-electron chi connectivity index (χ2n) is 4.81. The molecule has 2 aromatic carbocycles. The van der Waals surface area contributed by atoms with E-state index in [0.717, 1.165) is 16.6 Å². The van der Waals surface area contributed by atoms with Gasteiger partial charge in [-0.1, -0.05) is 6.07 Å². The van der Waals surface area contributed by atoms with E-state index in [1.54, 1.807) is 17.7 Å². The summed E-state index contributed by atoms with van der Waals surface area (Å²) in [5.74, 6) is 1.21. The van der Waals surface area contributed by atoms with E-state index in [1.165, 1.54) is 6.07 Å². The minimum Gasteiger partial charge on any atom is -0.497 e. The number of alkyl halides is 1. The molecule has 1 aromatic heterocycles. The zero-order valence-electron chi connectivity index (χ0n) is 11.7. The summed E-state index contributed by atoms with van der Waals surface area (Å²) in [5.41, 5.74) is 2.85. The molecule has 0 spiro atoms. The molecule has 0 aliphatic heterocycles. The minimum absolute atomic E-state index is 0.199. The molecule has 108 valence electrons. The number of benzene rings is 2. The highest BCUT2D eigenvalue weighted by Gasteiger charge is 2.15. The van der Waals surface area contributed by atoms with E-state index in [1.807, 2.05) is 31.2 Å². The standard InChI is InChI=1S/C16H14ClFN2O/c1-10-3-5-14(12(18)7-10)20-15-6-4-11(21-2)8-13(15)19-16(20)9-17/h3-8H,9H2,1-2H3. The number of halogens is 2. The van der Waals surface area contributed by atoms with Gasteiger partial charge in [0, 0.05) is 6.07 Å². The summed E-state index contributed by atoms with van der Waals surface area (Å²) >= 11 is 5.97. The van der Waals surface area contributed by atoms with Crippen molar-refractivity contribution < 1.29 is 9.13 Å². The minimum atomic E-state index is -0.295. The first-order chi connectivity index (χ1) is 10.1. The first kappa shape index (κ1) is 13.9. The highest BCUT2D eigenvalue weighted by atomic mass is 35.5. The molecule has 0 N–H and O–H groups in total. The van der Waals surface area contributed by atoms with Crippen molar-refractivity contribution >= 4 is 22.6 Å². The number of aromatic nitrogens is 2. The van der Waals surface area contributed by atoms with Crippen molar-refractivity contribution in [1.29, 1.82) is 0 Å². The van der Waals surface area contributed by atoms with Crippen LogP contribution in [-0.4, -0.2) is 16.7 Å². The van der Waals surface area contributed by atoms with Gasteiger partial charge in [0.25, 0.3) is 0 Å². The summed E-state index contributed by atoms with van der Waals surface area (Å²) in [7, 11) is 1.60. The Balaban J connectivity index is 2.29. The Morgan fingerprint density at radius 1 is 1.24 bits per heavy atom. The van der Waals surface area contributed by atoms with E-state index in [0.29, 0.717) is 17.3 Å². The van der Waals surface area contributed by atoms with Crippen molar-refractivity contribution in [3.63, 3.8) is 0 Å². The fourth-order valence-electron chi connectivity index (χ4n) is 2.39. The van der Waals surface area contributed by atoms with Crippen molar-refractivity contribution in [2.45, 2.75) is 12.8 Å². The van der Waals surface area contributed by atoms with Crippen LogP contribution in [-0.2, 0) is 5.88 Å². The second-order valence-corrected chi connectivity index (χ2v) is 5.07. The Bertz CT molecular complexity index is 813. The SMILES string of the molecule is COc1ccc2c(c1)nc(CCl)n2-c1ccc(C)cc1F. The molecule has 5 heteroatoms. The largest absolute Gasteiger partial charge is 0.497 e. The topological polar surface area (TPSA) is 27.1 Å². The first-order valence-corrected chi connectivity index (χ1v) is 7.05. The third kappa shape index (κ3) is 2.36. The molecule has 0 saturated heterocycles. The molecule has 3 aromatic rings. The molecule has 0 bridgehead atoms. The molecule has 0 amide bonds. The lowest BCUT2D eigenvalue weighted by atomic mass is 10.2. The quantitative estimate of drug-likeness (QED) is 0.677. The van der Waals surface area contributed by atoms with Gasteiger partial charge in [-0.25, -0.2) is 9.37 Å². The van der Waals surface area contributed by atoms with Crippen molar-refractivity contribution in [2.75, 3.05) is 7.11 Å². The van der Waals surface area contributed by atoms with E-state index >= 15 is 0 Å². The lowest BCUT2D eigenvalue weighted by molar-refractivity contribution is 0.415. The second kappa shape index (κ2) is 5.37. The number of methoxy groups -OCH3 is 1. The van der Waals surface area contributed by atoms with Crippen LogP contribution in [0, 0.1) is 12.7 Å². The Kier molecular flexibility index (Phi) is 3.55. The summed E-state index contributed by atoms with van der Waals surface area (Å²) in [6.45, 7) is 1.85. The molecule has 3 nitrogen and oxygen atoms in total. The lowest BCUT2D eigenvalue weighted by Gasteiger charge is -2.10. The van der Waals surface area contributed by atoms with Gasteiger partial charge >= 0.3 is 0 Å². The van der Waals surface area contributed by atoms with Crippen LogP contribution >= 0.6 is 11.6 Å². The highest BCUT2D eigenvalue weighted by Crippen LogP contribution is 2.27. The van der Waals surface area contributed by atoms with E-state index in [2.05, 4.69) is 4.98 Å². The van der Waals surface area contributed by atoms with Crippen LogP contribution in [0.4, 0.5) is 4.39 Å². The van der Waals surface area contributed by atoms with Gasteiger partial charge in [-0.05, 0) is 36.8 Å². The Morgan fingerprint density at radius 3 is 2.71 bits per heavy atom. The van der Waals surface area contributed by atoms with Crippen LogP contribution in [0.3, 0.4) is 0 Å². The average molecular weight is 305 g/mol. The molecule has 0 aliphatic carbocycles. The van der Waals surface area contributed by atoms with Gasteiger partial charge in [-0.15, -0.1) is 11.6 Å². The Labute approximate surface area is 126 Å². The smallest absolute Gasteiger partial charge is 0.147 e. The highest BCUT2D eigenvalue weighted by molar-refractivity contribution is 6.17.